The molecule has 1 aliphatic heterocycles. The lowest BCUT2D eigenvalue weighted by Crippen LogP contribution is -2.46. The van der Waals surface area contributed by atoms with Gasteiger partial charge in [-0.25, -0.2) is 12.8 Å². The van der Waals surface area contributed by atoms with Gasteiger partial charge in [0.05, 0.1) is 16.3 Å². The van der Waals surface area contributed by atoms with E-state index in [1.165, 1.54) is 28.6 Å². The van der Waals surface area contributed by atoms with E-state index in [1.807, 2.05) is 0 Å². The maximum Gasteiger partial charge on any atom is 0.255 e. The van der Waals surface area contributed by atoms with Crippen LogP contribution in [0.4, 0.5) is 15.8 Å². The first-order valence-corrected chi connectivity index (χ1v) is 12.4. The van der Waals surface area contributed by atoms with Gasteiger partial charge in [0.2, 0.25) is 10.0 Å². The lowest BCUT2D eigenvalue weighted by atomic mass is 10.1. The van der Waals surface area contributed by atoms with E-state index in [-0.39, 0.29) is 10.5 Å². The zero-order valence-electron chi connectivity index (χ0n) is 18.8. The molecular weight excluding hydrogens is 431 g/mol. The average molecular weight is 463 g/mol. The molecule has 1 N–H and O–H groups in total. The standard InChI is InChI=1S/C23H31FN4O3S/c1-4-26-12-14-27(15-13-26)22-11-10-20(32(30,31)28(5-2)6-3)17-21(22)25-23(29)18-8-7-9-19(24)16-18/h7-11,16-17H,4-6,12-15H2,1-3H3,(H,25,29). The highest BCUT2D eigenvalue weighted by molar-refractivity contribution is 7.89. The summed E-state index contributed by atoms with van der Waals surface area (Å²) >= 11 is 0. The average Bonchev–Trinajstić information content (AvgIpc) is 2.79. The number of halogens is 1. The number of rotatable bonds is 8. The van der Waals surface area contributed by atoms with Gasteiger partial charge >= 0.3 is 0 Å². The zero-order chi connectivity index (χ0) is 23.3. The van der Waals surface area contributed by atoms with Crippen LogP contribution < -0.4 is 10.2 Å². The summed E-state index contributed by atoms with van der Waals surface area (Å²) in [5.74, 6) is -0.998. The van der Waals surface area contributed by atoms with Crippen LogP contribution in [-0.2, 0) is 10.0 Å². The Morgan fingerprint density at radius 3 is 2.31 bits per heavy atom. The van der Waals surface area contributed by atoms with Gasteiger partial charge < -0.3 is 15.1 Å². The summed E-state index contributed by atoms with van der Waals surface area (Å²) in [6.45, 7) is 10.7. The number of anilines is 2. The Hall–Kier alpha value is -2.49. The van der Waals surface area contributed by atoms with Gasteiger partial charge in [-0.15, -0.1) is 0 Å². The molecule has 0 aliphatic carbocycles. The topological polar surface area (TPSA) is 73.0 Å². The van der Waals surface area contributed by atoms with Gasteiger partial charge in [-0.05, 0) is 42.9 Å². The third-order valence-corrected chi connectivity index (χ3v) is 7.85. The predicted octanol–water partition coefficient (Wildman–Crippen LogP) is 3.25. The second kappa shape index (κ2) is 10.4. The Labute approximate surface area is 189 Å². The fourth-order valence-corrected chi connectivity index (χ4v) is 5.38. The van der Waals surface area contributed by atoms with E-state index < -0.39 is 21.7 Å². The number of carbonyl (C=O) groups is 1. The Morgan fingerprint density at radius 2 is 1.72 bits per heavy atom. The van der Waals surface area contributed by atoms with E-state index in [1.54, 1.807) is 26.0 Å². The van der Waals surface area contributed by atoms with E-state index in [9.17, 15) is 17.6 Å². The Morgan fingerprint density at radius 1 is 1.03 bits per heavy atom. The van der Waals surface area contributed by atoms with Gasteiger partial charge in [0.25, 0.3) is 5.91 Å². The minimum Gasteiger partial charge on any atom is -0.367 e. The van der Waals surface area contributed by atoms with Crippen LogP contribution >= 0.6 is 0 Å². The molecule has 0 radical (unpaired) electrons. The molecule has 1 saturated heterocycles. The second-order valence-electron chi connectivity index (χ2n) is 7.65. The number of piperazine rings is 1. The Bertz CT molecular complexity index is 1050. The molecule has 0 aromatic heterocycles. The summed E-state index contributed by atoms with van der Waals surface area (Å²) in [4.78, 5) is 17.4. The van der Waals surface area contributed by atoms with Crippen molar-refractivity contribution in [1.29, 1.82) is 0 Å². The van der Waals surface area contributed by atoms with E-state index in [4.69, 9.17) is 0 Å². The molecular formula is C23H31FN4O3S. The molecule has 1 fully saturated rings. The zero-order valence-corrected chi connectivity index (χ0v) is 19.7. The van der Waals surface area contributed by atoms with E-state index in [2.05, 4.69) is 22.0 Å². The van der Waals surface area contributed by atoms with Crippen LogP contribution in [0.3, 0.4) is 0 Å². The van der Waals surface area contributed by atoms with Crippen LogP contribution in [0.5, 0.6) is 0 Å². The van der Waals surface area contributed by atoms with Crippen LogP contribution in [0, 0.1) is 5.82 Å². The molecule has 0 bridgehead atoms. The molecule has 2 aromatic rings. The highest BCUT2D eigenvalue weighted by Crippen LogP contribution is 2.31. The van der Waals surface area contributed by atoms with Crippen molar-refractivity contribution >= 4 is 27.3 Å². The molecule has 1 aliphatic rings. The SMILES string of the molecule is CCN1CCN(c2ccc(S(=O)(=O)N(CC)CC)cc2NC(=O)c2cccc(F)c2)CC1. The first-order valence-electron chi connectivity index (χ1n) is 11.0. The highest BCUT2D eigenvalue weighted by atomic mass is 32.2. The Kier molecular flexibility index (Phi) is 7.86. The smallest absolute Gasteiger partial charge is 0.255 e. The van der Waals surface area contributed by atoms with Crippen molar-refractivity contribution in [3.63, 3.8) is 0 Å². The van der Waals surface area contributed by atoms with Gasteiger partial charge in [0.1, 0.15) is 5.82 Å². The van der Waals surface area contributed by atoms with E-state index in [0.717, 1.165) is 44.5 Å². The molecule has 0 atom stereocenters. The molecule has 0 unspecified atom stereocenters. The summed E-state index contributed by atoms with van der Waals surface area (Å²) < 4.78 is 41.1. The molecule has 9 heteroatoms. The van der Waals surface area contributed by atoms with Crippen molar-refractivity contribution in [2.75, 3.05) is 56.0 Å². The first-order chi connectivity index (χ1) is 15.3. The van der Waals surface area contributed by atoms with Crippen molar-refractivity contribution in [3.05, 3.63) is 53.8 Å². The van der Waals surface area contributed by atoms with Crippen LogP contribution in [0.1, 0.15) is 31.1 Å². The quantitative estimate of drug-likeness (QED) is 0.652. The fourth-order valence-electron chi connectivity index (χ4n) is 3.89. The number of hydrogen-bond acceptors (Lipinski definition) is 5. The highest BCUT2D eigenvalue weighted by Gasteiger charge is 2.25. The van der Waals surface area contributed by atoms with Crippen LogP contribution in [0.2, 0.25) is 0 Å². The lowest BCUT2D eigenvalue weighted by molar-refractivity contribution is 0.102. The Balaban J connectivity index is 1.98. The maximum atomic E-state index is 13.6. The van der Waals surface area contributed by atoms with Crippen molar-refractivity contribution in [3.8, 4) is 0 Å². The number of nitrogens with zero attached hydrogens (tertiary/aromatic N) is 3. The summed E-state index contributed by atoms with van der Waals surface area (Å²) in [5.41, 5.74) is 1.32. The van der Waals surface area contributed by atoms with Crippen LogP contribution in [0.25, 0.3) is 0 Å². The number of likely N-dealkylation sites (N-methyl/N-ethyl adjacent to an activating group) is 1. The molecule has 32 heavy (non-hydrogen) atoms. The molecule has 1 amide bonds. The lowest BCUT2D eigenvalue weighted by Gasteiger charge is -2.36. The molecule has 7 nitrogen and oxygen atoms in total. The molecule has 1 heterocycles. The number of amides is 1. The monoisotopic (exact) mass is 462 g/mol. The van der Waals surface area contributed by atoms with E-state index >= 15 is 0 Å². The van der Waals surface area contributed by atoms with Gasteiger partial charge in [0.15, 0.2) is 0 Å². The van der Waals surface area contributed by atoms with Crippen molar-refractivity contribution in [2.45, 2.75) is 25.7 Å². The van der Waals surface area contributed by atoms with Gasteiger partial charge in [-0.1, -0.05) is 26.8 Å². The molecule has 174 valence electrons. The van der Waals surface area contributed by atoms with Gasteiger partial charge in [-0.2, -0.15) is 4.31 Å². The number of hydrogen-bond donors (Lipinski definition) is 1. The second-order valence-corrected chi connectivity index (χ2v) is 9.59. The molecule has 2 aromatic carbocycles. The van der Waals surface area contributed by atoms with Crippen LogP contribution in [0.15, 0.2) is 47.4 Å². The maximum absolute atomic E-state index is 13.6. The van der Waals surface area contributed by atoms with E-state index in [0.29, 0.717) is 18.8 Å². The number of carbonyl (C=O) groups excluding carboxylic acids is 1. The third kappa shape index (κ3) is 5.28. The molecule has 0 spiro atoms. The minimum atomic E-state index is -3.70. The van der Waals surface area contributed by atoms with Crippen molar-refractivity contribution < 1.29 is 17.6 Å². The van der Waals surface area contributed by atoms with Crippen molar-refractivity contribution in [2.24, 2.45) is 0 Å². The van der Waals surface area contributed by atoms with Gasteiger partial charge in [-0.3, -0.25) is 4.79 Å². The molecule has 0 saturated carbocycles. The number of nitrogens with one attached hydrogen (secondary N) is 1. The summed E-state index contributed by atoms with van der Waals surface area (Å²) in [5, 5.41) is 2.82. The predicted molar refractivity (Wildman–Crippen MR) is 125 cm³/mol. The van der Waals surface area contributed by atoms with Crippen molar-refractivity contribution in [1.82, 2.24) is 9.21 Å². The minimum absolute atomic E-state index is 0.117. The third-order valence-electron chi connectivity index (χ3n) is 5.81. The molecule has 3 rings (SSSR count). The summed E-state index contributed by atoms with van der Waals surface area (Å²) in [7, 11) is -3.70. The summed E-state index contributed by atoms with van der Waals surface area (Å²) in [6.07, 6.45) is 0. The first kappa shape index (κ1) is 24.2. The fraction of sp³-hybridized carbons (Fsp3) is 0.435. The number of sulfonamides is 1. The van der Waals surface area contributed by atoms with Gasteiger partial charge in [0, 0.05) is 44.8 Å². The summed E-state index contributed by atoms with van der Waals surface area (Å²) in [6, 6.07) is 10.3. The normalized spacial score (nSPS) is 15.2. The number of benzene rings is 2. The largest absolute Gasteiger partial charge is 0.367 e. The van der Waals surface area contributed by atoms with Crippen LogP contribution in [-0.4, -0.2) is 69.3 Å².